The molecule has 0 fully saturated rings. The van der Waals surface area contributed by atoms with Crippen LogP contribution in [-0.4, -0.2) is 24.2 Å². The van der Waals surface area contributed by atoms with E-state index in [9.17, 15) is 9.18 Å². The van der Waals surface area contributed by atoms with Gasteiger partial charge in [-0.1, -0.05) is 55.5 Å². The van der Waals surface area contributed by atoms with Crippen LogP contribution < -0.4 is 9.64 Å². The van der Waals surface area contributed by atoms with Crippen molar-refractivity contribution in [3.8, 4) is 5.75 Å². The average molecular weight is 422 g/mol. The summed E-state index contributed by atoms with van der Waals surface area (Å²) in [6.07, 6.45) is 1.43. The lowest BCUT2D eigenvalue weighted by Crippen LogP contribution is -2.29. The fourth-order valence-corrected chi connectivity index (χ4v) is 3.56. The second kappa shape index (κ2) is 10.7. The second-order valence-corrected chi connectivity index (χ2v) is 7.41. The zero-order valence-electron chi connectivity index (χ0n) is 18.0. The normalized spacial score (nSPS) is 10.7. The third-order valence-corrected chi connectivity index (χ3v) is 5.17. The smallest absolute Gasteiger partial charge is 0.224 e. The monoisotopic (exact) mass is 421 g/mol. The zero-order chi connectivity index (χ0) is 22.2. The Morgan fingerprint density at radius 1 is 1.00 bits per heavy atom. The third kappa shape index (κ3) is 5.92. The van der Waals surface area contributed by atoms with Gasteiger partial charge in [-0.05, 0) is 47.7 Å². The number of amides is 1. The number of aryl methyl sites for hydroxylation is 1. The zero-order valence-corrected chi connectivity index (χ0v) is 18.0. The van der Waals surface area contributed by atoms with Crippen LogP contribution in [0, 0.1) is 5.82 Å². The van der Waals surface area contributed by atoms with E-state index in [1.807, 2.05) is 48.5 Å². The highest BCUT2D eigenvalue weighted by molar-refractivity contribution is 5.92. The summed E-state index contributed by atoms with van der Waals surface area (Å²) in [5, 5.41) is 9.14. The van der Waals surface area contributed by atoms with Crippen LogP contribution in [0.2, 0.25) is 0 Å². The number of carbonyl (C=O) groups excluding carboxylic acids is 1. The number of halogens is 1. The van der Waals surface area contributed by atoms with Crippen molar-refractivity contribution in [1.29, 1.82) is 0 Å². The predicted molar refractivity (Wildman–Crippen MR) is 121 cm³/mol. The van der Waals surface area contributed by atoms with Crippen molar-refractivity contribution in [2.45, 2.75) is 33.2 Å². The van der Waals surface area contributed by atoms with Crippen LogP contribution in [0.15, 0.2) is 66.7 Å². The van der Waals surface area contributed by atoms with E-state index in [2.05, 4.69) is 6.92 Å². The Bertz CT molecular complexity index is 1020. The van der Waals surface area contributed by atoms with Crippen molar-refractivity contribution < 1.29 is 19.0 Å². The third-order valence-electron chi connectivity index (χ3n) is 5.17. The molecule has 0 saturated carbocycles. The molecule has 0 aliphatic carbocycles. The maximum atomic E-state index is 14.2. The van der Waals surface area contributed by atoms with Gasteiger partial charge in [0.15, 0.2) is 0 Å². The van der Waals surface area contributed by atoms with Crippen LogP contribution in [0.1, 0.15) is 36.1 Å². The minimum Gasteiger partial charge on any atom is -0.491 e. The molecule has 5 heteroatoms. The van der Waals surface area contributed by atoms with Crippen LogP contribution in [0.3, 0.4) is 0 Å². The summed E-state index contributed by atoms with van der Waals surface area (Å²) >= 11 is 0. The number of carbonyl (C=O) groups is 1. The summed E-state index contributed by atoms with van der Waals surface area (Å²) in [7, 11) is 0. The molecule has 31 heavy (non-hydrogen) atoms. The van der Waals surface area contributed by atoms with E-state index in [0.29, 0.717) is 17.9 Å². The van der Waals surface area contributed by atoms with E-state index < -0.39 is 5.82 Å². The minimum atomic E-state index is -0.392. The van der Waals surface area contributed by atoms with Gasteiger partial charge < -0.3 is 14.7 Å². The van der Waals surface area contributed by atoms with Gasteiger partial charge in [-0.2, -0.15) is 0 Å². The number of benzene rings is 3. The molecule has 3 rings (SSSR count). The number of nitrogens with zero attached hydrogens (tertiary/aromatic N) is 1. The van der Waals surface area contributed by atoms with Gasteiger partial charge in [0.05, 0.1) is 18.8 Å². The number of rotatable bonds is 9. The highest BCUT2D eigenvalue weighted by Gasteiger charge is 2.19. The first-order chi connectivity index (χ1) is 15.0. The number of ether oxygens (including phenoxy) is 1. The molecule has 0 bridgehead atoms. The Labute approximate surface area is 182 Å². The maximum absolute atomic E-state index is 14.2. The standard InChI is InChI=1S/C26H28FNO3/c1-3-20-9-12-26(31-14-13-29)23(15-20)18-28(19(2)30)25-17-24(27)11-10-22(25)16-21-7-5-4-6-8-21/h4-12,15,17,29H,3,13-14,16,18H2,1-2H3. The molecular weight excluding hydrogens is 393 g/mol. The van der Waals surface area contributed by atoms with Crippen molar-refractivity contribution in [2.24, 2.45) is 0 Å². The molecule has 0 heterocycles. The largest absolute Gasteiger partial charge is 0.491 e. The molecule has 1 N–H and O–H groups in total. The van der Waals surface area contributed by atoms with Crippen LogP contribution in [0.25, 0.3) is 0 Å². The molecule has 4 nitrogen and oxygen atoms in total. The SMILES string of the molecule is CCc1ccc(OCCO)c(CN(C(C)=O)c2cc(F)ccc2Cc2ccccc2)c1. The quantitative estimate of drug-likeness (QED) is 0.534. The maximum Gasteiger partial charge on any atom is 0.224 e. The Morgan fingerprint density at radius 3 is 2.45 bits per heavy atom. The van der Waals surface area contributed by atoms with Crippen molar-refractivity contribution in [3.63, 3.8) is 0 Å². The van der Waals surface area contributed by atoms with E-state index in [1.54, 1.807) is 11.0 Å². The molecule has 0 radical (unpaired) electrons. The second-order valence-electron chi connectivity index (χ2n) is 7.41. The highest BCUT2D eigenvalue weighted by Crippen LogP contribution is 2.29. The Kier molecular flexibility index (Phi) is 7.79. The van der Waals surface area contributed by atoms with E-state index in [1.165, 1.54) is 19.1 Å². The average Bonchev–Trinajstić information content (AvgIpc) is 2.78. The van der Waals surface area contributed by atoms with Gasteiger partial charge in [0.25, 0.3) is 0 Å². The fraction of sp³-hybridized carbons (Fsp3) is 0.269. The summed E-state index contributed by atoms with van der Waals surface area (Å²) in [5.74, 6) is 0.0329. The molecule has 0 spiro atoms. The molecule has 1 amide bonds. The molecule has 3 aromatic rings. The first kappa shape index (κ1) is 22.5. The lowest BCUT2D eigenvalue weighted by atomic mass is 10.0. The van der Waals surface area contributed by atoms with Crippen molar-refractivity contribution >= 4 is 11.6 Å². The van der Waals surface area contributed by atoms with Crippen LogP contribution >= 0.6 is 0 Å². The number of anilines is 1. The topological polar surface area (TPSA) is 49.8 Å². The van der Waals surface area contributed by atoms with Crippen LogP contribution in [0.4, 0.5) is 10.1 Å². The summed E-state index contributed by atoms with van der Waals surface area (Å²) < 4.78 is 19.9. The molecule has 0 saturated heterocycles. The van der Waals surface area contributed by atoms with Gasteiger partial charge in [0, 0.05) is 12.5 Å². The van der Waals surface area contributed by atoms with Gasteiger partial charge in [0.1, 0.15) is 18.2 Å². The molecular formula is C26H28FNO3. The molecule has 0 unspecified atom stereocenters. The molecule has 0 aliphatic heterocycles. The van der Waals surface area contributed by atoms with Crippen molar-refractivity contribution in [3.05, 3.63) is 94.8 Å². The molecule has 3 aromatic carbocycles. The van der Waals surface area contributed by atoms with E-state index in [0.717, 1.165) is 28.7 Å². The van der Waals surface area contributed by atoms with E-state index in [4.69, 9.17) is 9.84 Å². The van der Waals surface area contributed by atoms with Crippen molar-refractivity contribution in [1.82, 2.24) is 0 Å². The highest BCUT2D eigenvalue weighted by atomic mass is 19.1. The summed E-state index contributed by atoms with van der Waals surface area (Å²) in [6.45, 7) is 3.85. The van der Waals surface area contributed by atoms with E-state index >= 15 is 0 Å². The molecule has 0 aliphatic rings. The number of hydrogen-bond acceptors (Lipinski definition) is 3. The van der Waals surface area contributed by atoms with E-state index in [-0.39, 0.29) is 25.7 Å². The molecule has 0 aromatic heterocycles. The number of aliphatic hydroxyl groups excluding tert-OH is 1. The lowest BCUT2D eigenvalue weighted by Gasteiger charge is -2.26. The van der Waals surface area contributed by atoms with Gasteiger partial charge in [0.2, 0.25) is 5.91 Å². The van der Waals surface area contributed by atoms with Crippen molar-refractivity contribution in [2.75, 3.05) is 18.1 Å². The van der Waals surface area contributed by atoms with Gasteiger partial charge >= 0.3 is 0 Å². The summed E-state index contributed by atoms with van der Waals surface area (Å²) in [4.78, 5) is 14.3. The Balaban J connectivity index is 2.00. The van der Waals surface area contributed by atoms with Crippen LogP contribution in [-0.2, 0) is 24.2 Å². The first-order valence-electron chi connectivity index (χ1n) is 10.5. The summed E-state index contributed by atoms with van der Waals surface area (Å²) in [6, 6.07) is 20.3. The Hall–Kier alpha value is -3.18. The predicted octanol–water partition coefficient (Wildman–Crippen LogP) is 4.90. The Morgan fingerprint density at radius 2 is 1.77 bits per heavy atom. The molecule has 162 valence electrons. The number of aliphatic hydroxyl groups is 1. The minimum absolute atomic E-state index is 0.101. The number of hydrogen-bond donors (Lipinski definition) is 1. The lowest BCUT2D eigenvalue weighted by molar-refractivity contribution is -0.116. The van der Waals surface area contributed by atoms with Crippen LogP contribution in [0.5, 0.6) is 5.75 Å². The fourth-order valence-electron chi connectivity index (χ4n) is 3.56. The summed E-state index contributed by atoms with van der Waals surface area (Å²) in [5.41, 5.74) is 4.42. The first-order valence-corrected chi connectivity index (χ1v) is 10.5. The van der Waals surface area contributed by atoms with Gasteiger partial charge in [-0.15, -0.1) is 0 Å². The van der Waals surface area contributed by atoms with Gasteiger partial charge in [-0.3, -0.25) is 4.79 Å². The molecule has 0 atom stereocenters. The van der Waals surface area contributed by atoms with Gasteiger partial charge in [-0.25, -0.2) is 4.39 Å².